The fraction of sp³-hybridized carbons (Fsp3) is 0.778. The number of aromatic nitrogens is 3. The number of nitrogens with one attached hydrogen (secondary N) is 1. The molecule has 1 aromatic heterocycles. The number of aryl methyl sites for hydroxylation is 2. The molecule has 78 valence electrons. The molecule has 0 bridgehead atoms. The van der Waals surface area contributed by atoms with Gasteiger partial charge in [0.15, 0.2) is 0 Å². The summed E-state index contributed by atoms with van der Waals surface area (Å²) in [4.78, 5) is 11.8. The topological polar surface area (TPSA) is 51.9 Å². The zero-order valence-electron chi connectivity index (χ0n) is 8.66. The molecule has 0 aromatic carbocycles. The van der Waals surface area contributed by atoms with Gasteiger partial charge in [0.25, 0.3) is 0 Å². The summed E-state index contributed by atoms with van der Waals surface area (Å²) in [6.45, 7) is 6.41. The van der Waals surface area contributed by atoms with Gasteiger partial charge in [0, 0.05) is 26.1 Å². The van der Waals surface area contributed by atoms with Crippen LogP contribution < -0.4 is 11.0 Å². The van der Waals surface area contributed by atoms with Crippen molar-refractivity contribution in [2.24, 2.45) is 0 Å². The molecule has 1 aromatic rings. The highest BCUT2D eigenvalue weighted by Crippen LogP contribution is 2.11. The molecule has 0 radical (unpaired) electrons. The number of hydrogen-bond donors (Lipinski definition) is 1. The van der Waals surface area contributed by atoms with Crippen molar-refractivity contribution >= 4 is 0 Å². The predicted octanol–water partition coefficient (Wildman–Crippen LogP) is -0.229. The molecule has 1 saturated heterocycles. The zero-order valence-corrected chi connectivity index (χ0v) is 8.66. The van der Waals surface area contributed by atoms with Gasteiger partial charge in [-0.05, 0) is 6.92 Å². The van der Waals surface area contributed by atoms with E-state index >= 15 is 0 Å². The lowest BCUT2D eigenvalue weighted by Gasteiger charge is -2.28. The van der Waals surface area contributed by atoms with Gasteiger partial charge >= 0.3 is 5.69 Å². The lowest BCUT2D eigenvalue weighted by atomic mass is 10.2. The quantitative estimate of drug-likeness (QED) is 0.726. The smallest absolute Gasteiger partial charge is 0.313 e. The monoisotopic (exact) mass is 196 g/mol. The number of nitrogens with zero attached hydrogens (tertiary/aromatic N) is 3. The van der Waals surface area contributed by atoms with Gasteiger partial charge in [-0.25, -0.2) is 9.48 Å². The van der Waals surface area contributed by atoms with Gasteiger partial charge in [0.05, 0.1) is 6.04 Å². The van der Waals surface area contributed by atoms with Crippen molar-refractivity contribution in [2.45, 2.75) is 32.9 Å². The van der Waals surface area contributed by atoms with Crippen LogP contribution in [0.3, 0.4) is 0 Å². The second-order valence-corrected chi connectivity index (χ2v) is 3.55. The van der Waals surface area contributed by atoms with E-state index in [1.165, 1.54) is 4.68 Å². The molecule has 0 aliphatic carbocycles. The Balaban J connectivity index is 2.44. The Kier molecular flexibility index (Phi) is 2.41. The normalized spacial score (nSPS) is 17.0. The van der Waals surface area contributed by atoms with E-state index in [9.17, 15) is 4.79 Å². The number of hydrogen-bond acceptors (Lipinski definition) is 3. The van der Waals surface area contributed by atoms with E-state index in [4.69, 9.17) is 0 Å². The summed E-state index contributed by atoms with van der Waals surface area (Å²) in [5.41, 5.74) is 0.0378. The third kappa shape index (κ3) is 1.28. The Bertz CT molecular complexity index is 375. The molecule has 2 heterocycles. The van der Waals surface area contributed by atoms with Crippen molar-refractivity contribution < 1.29 is 0 Å². The molecule has 0 unspecified atom stereocenters. The maximum atomic E-state index is 11.8. The molecule has 1 aliphatic heterocycles. The van der Waals surface area contributed by atoms with Gasteiger partial charge in [0.2, 0.25) is 0 Å². The van der Waals surface area contributed by atoms with Crippen LogP contribution in [0, 0.1) is 0 Å². The van der Waals surface area contributed by atoms with E-state index in [2.05, 4.69) is 10.4 Å². The summed E-state index contributed by atoms with van der Waals surface area (Å²) in [5, 5.41) is 7.46. The van der Waals surface area contributed by atoms with E-state index < -0.39 is 0 Å². The summed E-state index contributed by atoms with van der Waals surface area (Å²) in [7, 11) is 0. The van der Waals surface area contributed by atoms with Crippen LogP contribution in [0.15, 0.2) is 4.79 Å². The van der Waals surface area contributed by atoms with E-state index in [-0.39, 0.29) is 5.69 Å². The van der Waals surface area contributed by atoms with Crippen molar-refractivity contribution in [3.05, 3.63) is 16.3 Å². The fourth-order valence-corrected chi connectivity index (χ4v) is 1.74. The Morgan fingerprint density at radius 3 is 2.64 bits per heavy atom. The van der Waals surface area contributed by atoms with Crippen LogP contribution in [0.1, 0.15) is 25.7 Å². The van der Waals surface area contributed by atoms with Crippen LogP contribution in [0.5, 0.6) is 0 Å². The highest BCUT2D eigenvalue weighted by molar-refractivity contribution is 4.95. The van der Waals surface area contributed by atoms with Gasteiger partial charge in [-0.3, -0.25) is 4.57 Å². The van der Waals surface area contributed by atoms with Crippen LogP contribution in [0.2, 0.25) is 0 Å². The predicted molar refractivity (Wildman–Crippen MR) is 53.4 cm³/mol. The minimum atomic E-state index is 0.0378. The maximum absolute atomic E-state index is 11.8. The molecule has 0 atom stereocenters. The van der Waals surface area contributed by atoms with Crippen molar-refractivity contribution in [3.63, 3.8) is 0 Å². The van der Waals surface area contributed by atoms with Crippen molar-refractivity contribution in [2.75, 3.05) is 13.1 Å². The summed E-state index contributed by atoms with van der Waals surface area (Å²) >= 11 is 0. The van der Waals surface area contributed by atoms with Crippen molar-refractivity contribution in [3.8, 4) is 0 Å². The first-order chi connectivity index (χ1) is 6.77. The molecule has 1 fully saturated rings. The second kappa shape index (κ2) is 3.57. The maximum Gasteiger partial charge on any atom is 0.346 e. The highest BCUT2D eigenvalue weighted by Gasteiger charge is 2.24. The second-order valence-electron chi connectivity index (χ2n) is 3.55. The molecule has 0 saturated carbocycles. The fourth-order valence-electron chi connectivity index (χ4n) is 1.74. The van der Waals surface area contributed by atoms with Gasteiger partial charge in [-0.2, -0.15) is 5.10 Å². The van der Waals surface area contributed by atoms with E-state index in [0.29, 0.717) is 12.6 Å². The summed E-state index contributed by atoms with van der Waals surface area (Å²) in [6.07, 6.45) is 0.818. The van der Waals surface area contributed by atoms with Gasteiger partial charge < -0.3 is 5.32 Å². The van der Waals surface area contributed by atoms with Crippen LogP contribution >= 0.6 is 0 Å². The third-order valence-electron chi connectivity index (χ3n) is 2.68. The van der Waals surface area contributed by atoms with Crippen LogP contribution in [-0.4, -0.2) is 27.4 Å². The molecular weight excluding hydrogens is 180 g/mol. The first kappa shape index (κ1) is 9.45. The standard InChI is InChI=1S/C9H16N4O/c1-3-8-11-12(4-2)9(14)13(8)7-5-10-6-7/h7,10H,3-6H2,1-2H3. The molecule has 5 nitrogen and oxygen atoms in total. The minimum Gasteiger partial charge on any atom is -0.313 e. The SMILES string of the molecule is CCc1nn(CC)c(=O)n1C1CNC1. The average molecular weight is 196 g/mol. The summed E-state index contributed by atoms with van der Waals surface area (Å²) in [6, 6.07) is 0.317. The van der Waals surface area contributed by atoms with E-state index in [1.54, 1.807) is 0 Å². The molecule has 1 aliphatic rings. The Morgan fingerprint density at radius 1 is 1.50 bits per heavy atom. The summed E-state index contributed by atoms with van der Waals surface area (Å²) in [5.74, 6) is 0.906. The molecule has 14 heavy (non-hydrogen) atoms. The average Bonchev–Trinajstić information content (AvgIpc) is 2.42. The van der Waals surface area contributed by atoms with Crippen molar-refractivity contribution in [1.82, 2.24) is 19.7 Å². The van der Waals surface area contributed by atoms with Crippen LogP contribution in [0.4, 0.5) is 0 Å². The van der Waals surface area contributed by atoms with Crippen molar-refractivity contribution in [1.29, 1.82) is 0 Å². The molecule has 0 spiro atoms. The molecule has 1 N–H and O–H groups in total. The van der Waals surface area contributed by atoms with Gasteiger partial charge in [-0.15, -0.1) is 0 Å². The Hall–Kier alpha value is -1.10. The Morgan fingerprint density at radius 2 is 2.21 bits per heavy atom. The lowest BCUT2D eigenvalue weighted by molar-refractivity contribution is 0.327. The van der Waals surface area contributed by atoms with Crippen LogP contribution in [-0.2, 0) is 13.0 Å². The van der Waals surface area contributed by atoms with Crippen LogP contribution in [0.25, 0.3) is 0 Å². The number of rotatable bonds is 3. The zero-order chi connectivity index (χ0) is 10.1. The Labute approximate surface area is 82.7 Å². The van der Waals surface area contributed by atoms with E-state index in [1.807, 2.05) is 18.4 Å². The summed E-state index contributed by atoms with van der Waals surface area (Å²) < 4.78 is 3.37. The molecule has 2 rings (SSSR count). The highest BCUT2D eigenvalue weighted by atomic mass is 16.2. The van der Waals surface area contributed by atoms with E-state index in [0.717, 1.165) is 25.3 Å². The third-order valence-corrected chi connectivity index (χ3v) is 2.68. The first-order valence-corrected chi connectivity index (χ1v) is 5.16. The minimum absolute atomic E-state index is 0.0378. The van der Waals surface area contributed by atoms with Gasteiger partial charge in [-0.1, -0.05) is 6.92 Å². The lowest BCUT2D eigenvalue weighted by Crippen LogP contribution is -2.47. The molecule has 5 heteroatoms. The largest absolute Gasteiger partial charge is 0.346 e. The first-order valence-electron chi connectivity index (χ1n) is 5.16. The van der Waals surface area contributed by atoms with Gasteiger partial charge in [0.1, 0.15) is 5.82 Å². The molecule has 0 amide bonds. The molecular formula is C9H16N4O.